The van der Waals surface area contributed by atoms with Crippen molar-refractivity contribution in [1.29, 1.82) is 0 Å². The van der Waals surface area contributed by atoms with Gasteiger partial charge < -0.3 is 15.5 Å². The number of thiazole rings is 1. The zero-order valence-electron chi connectivity index (χ0n) is 15.4. The van der Waals surface area contributed by atoms with Crippen molar-refractivity contribution in [2.45, 2.75) is 29.4 Å². The average molecular weight is 417 g/mol. The number of aromatic nitrogens is 3. The molecule has 9 heteroatoms. The maximum absolute atomic E-state index is 11.2. The largest absolute Gasteiger partial charge is 0.508 e. The summed E-state index contributed by atoms with van der Waals surface area (Å²) in [6.07, 6.45) is 4.09. The van der Waals surface area contributed by atoms with Crippen LogP contribution < -0.4 is 5.32 Å². The van der Waals surface area contributed by atoms with E-state index in [2.05, 4.69) is 20.3 Å². The first-order chi connectivity index (χ1) is 13.3. The number of phenolic OH excluding ortho intramolecular Hbond substituents is 1. The minimum absolute atomic E-state index is 0.201. The maximum atomic E-state index is 11.2. The lowest BCUT2D eigenvalue weighted by atomic mass is 10.1. The normalized spacial score (nSPS) is 11.4. The van der Waals surface area contributed by atoms with Crippen LogP contribution >= 0.6 is 23.1 Å². The Bertz CT molecular complexity index is 958. The van der Waals surface area contributed by atoms with Crippen molar-refractivity contribution >= 4 is 35.0 Å². The summed E-state index contributed by atoms with van der Waals surface area (Å²) in [6, 6.07) is 6.93. The Labute approximate surface area is 170 Å². The van der Waals surface area contributed by atoms with Gasteiger partial charge >= 0.3 is 5.97 Å². The highest BCUT2D eigenvalue weighted by molar-refractivity contribution is 8.02. The monoisotopic (exact) mass is 416 g/mol. The van der Waals surface area contributed by atoms with Gasteiger partial charge in [-0.15, -0.1) is 11.3 Å². The van der Waals surface area contributed by atoms with Crippen LogP contribution in [-0.4, -0.2) is 42.4 Å². The predicted molar refractivity (Wildman–Crippen MR) is 111 cm³/mol. The van der Waals surface area contributed by atoms with E-state index in [9.17, 15) is 15.0 Å². The van der Waals surface area contributed by atoms with Gasteiger partial charge in [0.15, 0.2) is 4.34 Å². The number of phenols is 1. The number of carboxylic acids is 1. The molecule has 3 N–H and O–H groups in total. The lowest BCUT2D eigenvalue weighted by Crippen LogP contribution is -2.26. The average Bonchev–Trinajstić information content (AvgIpc) is 3.09. The molecule has 0 fully saturated rings. The molecule has 0 atom stereocenters. The number of anilines is 1. The summed E-state index contributed by atoms with van der Waals surface area (Å²) >= 11 is 2.70. The van der Waals surface area contributed by atoms with Crippen LogP contribution in [0.5, 0.6) is 5.75 Å². The van der Waals surface area contributed by atoms with Crippen LogP contribution in [0.4, 0.5) is 5.95 Å². The number of nitrogens with one attached hydrogen (secondary N) is 1. The predicted octanol–water partition coefficient (Wildman–Crippen LogP) is 3.92. The summed E-state index contributed by atoms with van der Waals surface area (Å²) in [5.41, 5.74) is 2.57. The van der Waals surface area contributed by atoms with Crippen molar-refractivity contribution in [3.63, 3.8) is 0 Å². The zero-order chi connectivity index (χ0) is 20.1. The fraction of sp³-hybridized carbons (Fsp3) is 0.263. The molecule has 0 radical (unpaired) electrons. The van der Waals surface area contributed by atoms with Crippen LogP contribution in [0.3, 0.4) is 0 Å². The van der Waals surface area contributed by atoms with Crippen LogP contribution in [0.25, 0.3) is 11.1 Å². The van der Waals surface area contributed by atoms with Gasteiger partial charge in [0.25, 0.3) is 0 Å². The smallest absolute Gasteiger partial charge is 0.319 e. The molecule has 0 spiro atoms. The summed E-state index contributed by atoms with van der Waals surface area (Å²) in [5, 5.41) is 23.8. The number of rotatable bonds is 8. The summed E-state index contributed by atoms with van der Waals surface area (Å²) in [7, 11) is 0. The van der Waals surface area contributed by atoms with Gasteiger partial charge in [0.05, 0.1) is 5.69 Å². The third kappa shape index (κ3) is 5.20. The number of hydrogen-bond donors (Lipinski definition) is 3. The van der Waals surface area contributed by atoms with Crippen LogP contribution in [0.2, 0.25) is 0 Å². The molecule has 0 aliphatic carbocycles. The van der Waals surface area contributed by atoms with Gasteiger partial charge in [-0.05, 0) is 31.5 Å². The molecule has 146 valence electrons. The molecule has 3 rings (SSSR count). The van der Waals surface area contributed by atoms with Gasteiger partial charge in [-0.2, -0.15) is 0 Å². The molecular formula is C19H20N4O3S2. The van der Waals surface area contributed by atoms with Crippen molar-refractivity contribution in [2.24, 2.45) is 0 Å². The van der Waals surface area contributed by atoms with Crippen LogP contribution in [0, 0.1) is 0 Å². The van der Waals surface area contributed by atoms with E-state index < -0.39 is 10.7 Å². The third-order valence-corrected chi connectivity index (χ3v) is 6.06. The summed E-state index contributed by atoms with van der Waals surface area (Å²) in [5.74, 6) is -0.143. The van der Waals surface area contributed by atoms with Crippen molar-refractivity contribution in [3.05, 3.63) is 47.7 Å². The van der Waals surface area contributed by atoms with E-state index in [1.54, 1.807) is 44.4 Å². The summed E-state index contributed by atoms with van der Waals surface area (Å²) < 4.78 is -0.160. The van der Waals surface area contributed by atoms with E-state index in [1.807, 2.05) is 11.4 Å². The topological polar surface area (TPSA) is 108 Å². The third-order valence-electron chi connectivity index (χ3n) is 3.88. The minimum Gasteiger partial charge on any atom is -0.508 e. The van der Waals surface area contributed by atoms with Gasteiger partial charge in [-0.1, -0.05) is 23.9 Å². The van der Waals surface area contributed by atoms with Crippen LogP contribution in [0.1, 0.15) is 19.5 Å². The number of thioether (sulfide) groups is 1. The molecular weight excluding hydrogens is 396 g/mol. The van der Waals surface area contributed by atoms with Gasteiger partial charge in [0.1, 0.15) is 10.5 Å². The number of carbonyl (C=O) groups is 1. The Hall–Kier alpha value is -2.65. The van der Waals surface area contributed by atoms with E-state index in [0.717, 1.165) is 21.2 Å². The first-order valence-corrected chi connectivity index (χ1v) is 10.3. The van der Waals surface area contributed by atoms with Crippen molar-refractivity contribution in [1.82, 2.24) is 15.0 Å². The fourth-order valence-corrected chi connectivity index (χ4v) is 4.49. The molecule has 2 aromatic heterocycles. The standard InChI is InChI=1S/C19H20N4O3S2/c1-19(2,16(25)26)28-18-23-14(11-27-18)6-7-20-17-21-9-13(10-22-17)12-4-3-5-15(24)8-12/h3-5,8-11,24H,6-7H2,1-2H3,(H,25,26)(H,20,21,22). The van der Waals surface area contributed by atoms with Crippen molar-refractivity contribution < 1.29 is 15.0 Å². The van der Waals surface area contributed by atoms with E-state index in [4.69, 9.17) is 0 Å². The number of aromatic hydroxyl groups is 1. The lowest BCUT2D eigenvalue weighted by molar-refractivity contribution is -0.138. The van der Waals surface area contributed by atoms with Crippen LogP contribution in [-0.2, 0) is 11.2 Å². The summed E-state index contributed by atoms with van der Waals surface area (Å²) in [6.45, 7) is 3.95. The summed E-state index contributed by atoms with van der Waals surface area (Å²) in [4.78, 5) is 24.3. The van der Waals surface area contributed by atoms with Crippen LogP contribution in [0.15, 0.2) is 46.4 Å². The number of nitrogens with zero attached hydrogens (tertiary/aromatic N) is 3. The first-order valence-electron chi connectivity index (χ1n) is 8.55. The molecule has 2 heterocycles. The van der Waals surface area contributed by atoms with E-state index >= 15 is 0 Å². The number of benzene rings is 1. The zero-order valence-corrected chi connectivity index (χ0v) is 17.0. The van der Waals surface area contributed by atoms with Gasteiger partial charge in [0.2, 0.25) is 5.95 Å². The molecule has 1 aromatic carbocycles. The second kappa shape index (κ2) is 8.57. The molecule has 0 saturated heterocycles. The number of hydrogen-bond acceptors (Lipinski definition) is 8. The van der Waals surface area contributed by atoms with E-state index in [1.165, 1.54) is 23.1 Å². The number of aliphatic carboxylic acids is 1. The highest BCUT2D eigenvalue weighted by atomic mass is 32.2. The molecule has 7 nitrogen and oxygen atoms in total. The Morgan fingerprint density at radius 2 is 2.00 bits per heavy atom. The van der Waals surface area contributed by atoms with E-state index in [0.29, 0.717) is 18.9 Å². The van der Waals surface area contributed by atoms with Gasteiger partial charge in [-0.25, -0.2) is 15.0 Å². The Morgan fingerprint density at radius 3 is 2.68 bits per heavy atom. The molecule has 28 heavy (non-hydrogen) atoms. The molecule has 0 amide bonds. The second-order valence-corrected chi connectivity index (χ2v) is 9.27. The molecule has 0 unspecified atom stereocenters. The van der Waals surface area contributed by atoms with Crippen molar-refractivity contribution in [3.8, 4) is 16.9 Å². The quantitative estimate of drug-likeness (QED) is 0.474. The maximum Gasteiger partial charge on any atom is 0.319 e. The fourth-order valence-electron chi connectivity index (χ4n) is 2.27. The molecule has 0 aliphatic heterocycles. The minimum atomic E-state index is -0.904. The Kier molecular flexibility index (Phi) is 6.15. The molecule has 0 bridgehead atoms. The Balaban J connectivity index is 1.52. The Morgan fingerprint density at radius 1 is 1.25 bits per heavy atom. The van der Waals surface area contributed by atoms with Crippen molar-refractivity contribution in [2.75, 3.05) is 11.9 Å². The SMILES string of the molecule is CC(C)(Sc1nc(CCNc2ncc(-c3cccc(O)c3)cn2)cs1)C(=O)O. The van der Waals surface area contributed by atoms with Gasteiger partial charge in [0, 0.05) is 36.3 Å². The highest BCUT2D eigenvalue weighted by Gasteiger charge is 2.29. The lowest BCUT2D eigenvalue weighted by Gasteiger charge is -2.15. The first kappa shape index (κ1) is 20.1. The number of carboxylic acid groups (broad SMARTS) is 1. The molecule has 0 aliphatic rings. The highest BCUT2D eigenvalue weighted by Crippen LogP contribution is 2.34. The molecule has 0 saturated carbocycles. The van der Waals surface area contributed by atoms with Gasteiger partial charge in [-0.3, -0.25) is 4.79 Å². The molecule has 3 aromatic rings. The second-order valence-electron chi connectivity index (χ2n) is 6.54. The van der Waals surface area contributed by atoms with E-state index in [-0.39, 0.29) is 5.75 Å².